The highest BCUT2D eigenvalue weighted by Crippen LogP contribution is 2.52. The summed E-state index contributed by atoms with van der Waals surface area (Å²) in [5, 5.41) is 7.88. The predicted octanol–water partition coefficient (Wildman–Crippen LogP) is 11.1. The van der Waals surface area contributed by atoms with Crippen molar-refractivity contribution in [1.29, 1.82) is 0 Å². The van der Waals surface area contributed by atoms with Crippen molar-refractivity contribution < 1.29 is 4.57 Å². The smallest absolute Gasteiger partial charge is 0.215 e. The van der Waals surface area contributed by atoms with Crippen LogP contribution in [-0.2, 0) is 6.54 Å². The number of halogens is 5. The summed E-state index contributed by atoms with van der Waals surface area (Å²) in [7, 11) is 0. The molecule has 4 aromatic carbocycles. The third-order valence-corrected chi connectivity index (χ3v) is 9.09. The first-order valence-electron chi connectivity index (χ1n) is 12.4. The van der Waals surface area contributed by atoms with E-state index in [-0.39, 0.29) is 0 Å². The maximum atomic E-state index is 7.00. The highest BCUT2D eigenvalue weighted by Gasteiger charge is 2.31. The number of aromatic nitrogens is 1. The van der Waals surface area contributed by atoms with Gasteiger partial charge in [-0.15, -0.1) is 0 Å². The minimum Gasteiger partial charge on any atom is -0.354 e. The fourth-order valence-electron chi connectivity index (χ4n) is 5.38. The van der Waals surface area contributed by atoms with E-state index in [4.69, 9.17) is 46.4 Å². The number of nitrogens with one attached hydrogen (secondary N) is 1. The normalized spacial score (nSPS) is 12.4. The Bertz CT molecular complexity index is 1680. The van der Waals surface area contributed by atoms with Crippen LogP contribution in [0.1, 0.15) is 36.5 Å². The largest absolute Gasteiger partial charge is 0.354 e. The Labute approximate surface area is 249 Å². The molecule has 0 bridgehead atoms. The molecule has 2 heterocycles. The molecule has 190 valence electrons. The number of nitrogens with zero attached hydrogens (tertiary/aromatic N) is 1. The average Bonchev–Trinajstić information content (AvgIpc) is 2.90. The highest BCUT2D eigenvalue weighted by atomic mass is 79.9. The standard InChI is InChI=1S/C31H21BrCl4N2/c1-2-3-16-38-23-14-6-10-19(35)27(23)30(28-20(36)11-7-15-24(28)38)31(32)29-25-17(33)8-4-12-21(25)37-22-13-5-9-18(34)26(22)29/h4-15H,2-3,16H2,1H3/p+1. The van der Waals surface area contributed by atoms with E-state index < -0.39 is 0 Å². The van der Waals surface area contributed by atoms with Gasteiger partial charge in [0.05, 0.1) is 30.9 Å². The van der Waals surface area contributed by atoms with Gasteiger partial charge in [0.1, 0.15) is 6.54 Å². The summed E-state index contributed by atoms with van der Waals surface area (Å²) in [6.45, 7) is 3.05. The van der Waals surface area contributed by atoms with E-state index in [0.29, 0.717) is 20.1 Å². The molecule has 0 unspecified atom stereocenters. The Hall–Kier alpha value is -2.27. The number of fused-ring (bicyclic) bond motifs is 4. The summed E-state index contributed by atoms with van der Waals surface area (Å²) < 4.78 is 3.14. The van der Waals surface area contributed by atoms with E-state index in [0.717, 1.165) is 79.3 Å². The zero-order valence-electron chi connectivity index (χ0n) is 20.4. The van der Waals surface area contributed by atoms with Crippen LogP contribution in [0.15, 0.2) is 72.8 Å². The van der Waals surface area contributed by atoms with E-state index in [1.54, 1.807) is 0 Å². The molecule has 1 aliphatic rings. The van der Waals surface area contributed by atoms with Crippen LogP contribution in [0.4, 0.5) is 11.4 Å². The van der Waals surface area contributed by atoms with Gasteiger partial charge in [-0.3, -0.25) is 0 Å². The van der Waals surface area contributed by atoms with Crippen molar-refractivity contribution in [2.45, 2.75) is 26.3 Å². The van der Waals surface area contributed by atoms with Gasteiger partial charge in [0.25, 0.3) is 0 Å². The van der Waals surface area contributed by atoms with Crippen molar-refractivity contribution in [3.63, 3.8) is 0 Å². The van der Waals surface area contributed by atoms with Crippen molar-refractivity contribution in [1.82, 2.24) is 0 Å². The van der Waals surface area contributed by atoms with E-state index >= 15 is 0 Å². The van der Waals surface area contributed by atoms with Gasteiger partial charge in [-0.25, -0.2) is 0 Å². The Morgan fingerprint density at radius 3 is 1.68 bits per heavy atom. The molecule has 0 saturated heterocycles. The molecule has 1 aromatic heterocycles. The van der Waals surface area contributed by atoms with Gasteiger partial charge >= 0.3 is 0 Å². The number of hydrogen-bond acceptors (Lipinski definition) is 1. The van der Waals surface area contributed by atoms with Crippen LogP contribution in [0.5, 0.6) is 0 Å². The van der Waals surface area contributed by atoms with Crippen LogP contribution >= 0.6 is 62.3 Å². The number of unbranched alkanes of at least 4 members (excludes halogenated alkanes) is 1. The van der Waals surface area contributed by atoms with E-state index in [1.165, 1.54) is 0 Å². The van der Waals surface area contributed by atoms with E-state index in [2.05, 4.69) is 44.9 Å². The molecule has 0 aliphatic carbocycles. The lowest BCUT2D eigenvalue weighted by molar-refractivity contribution is -0.645. The zero-order valence-corrected chi connectivity index (χ0v) is 25.0. The zero-order chi connectivity index (χ0) is 26.6. The molecule has 1 aliphatic heterocycles. The van der Waals surface area contributed by atoms with Gasteiger partial charge in [0.2, 0.25) is 11.0 Å². The first kappa shape index (κ1) is 26.0. The van der Waals surface area contributed by atoms with E-state index in [9.17, 15) is 0 Å². The number of benzene rings is 4. The van der Waals surface area contributed by atoms with Crippen LogP contribution < -0.4 is 9.88 Å². The topological polar surface area (TPSA) is 15.9 Å². The maximum Gasteiger partial charge on any atom is 0.215 e. The first-order valence-corrected chi connectivity index (χ1v) is 14.7. The molecule has 2 nitrogen and oxygen atoms in total. The number of rotatable bonds is 4. The summed E-state index contributed by atoms with van der Waals surface area (Å²) in [6, 6.07) is 23.8. The van der Waals surface area contributed by atoms with Gasteiger partial charge in [0.15, 0.2) is 0 Å². The number of anilines is 2. The van der Waals surface area contributed by atoms with Crippen LogP contribution in [-0.4, -0.2) is 0 Å². The number of pyridine rings is 1. The average molecular weight is 644 g/mol. The predicted molar refractivity (Wildman–Crippen MR) is 168 cm³/mol. The molecule has 1 N–H and O–H groups in total. The van der Waals surface area contributed by atoms with Crippen LogP contribution in [0, 0.1) is 0 Å². The van der Waals surface area contributed by atoms with Crippen molar-refractivity contribution >= 4 is 106 Å². The minimum absolute atomic E-state index is 0.618. The summed E-state index contributed by atoms with van der Waals surface area (Å²) in [5.41, 5.74) is 7.42. The summed E-state index contributed by atoms with van der Waals surface area (Å²) in [6.07, 6.45) is 2.11. The second-order valence-electron chi connectivity index (χ2n) is 9.29. The molecule has 7 heteroatoms. The third-order valence-electron chi connectivity index (χ3n) is 7.04. The summed E-state index contributed by atoms with van der Waals surface area (Å²) in [5.74, 6) is 0. The Kier molecular flexibility index (Phi) is 7.09. The van der Waals surface area contributed by atoms with Crippen molar-refractivity contribution in [2.24, 2.45) is 0 Å². The highest BCUT2D eigenvalue weighted by molar-refractivity contribution is 9.15. The van der Waals surface area contributed by atoms with Crippen molar-refractivity contribution in [3.8, 4) is 0 Å². The molecule has 0 radical (unpaired) electrons. The Morgan fingerprint density at radius 2 is 1.18 bits per heavy atom. The Balaban J connectivity index is 1.85. The molecule has 5 aromatic rings. The SMILES string of the molecule is CCCC[n+]1c2cccc(Cl)c2c(C(Br)=C2c3c(Cl)cccc3Nc3cccc(Cl)c32)c2c(Cl)cccc21. The summed E-state index contributed by atoms with van der Waals surface area (Å²) >= 11 is 31.8. The molecule has 0 fully saturated rings. The Morgan fingerprint density at radius 1 is 0.711 bits per heavy atom. The molecule has 0 amide bonds. The summed E-state index contributed by atoms with van der Waals surface area (Å²) in [4.78, 5) is 0. The second kappa shape index (κ2) is 10.4. The van der Waals surface area contributed by atoms with Gasteiger partial charge < -0.3 is 5.32 Å². The number of hydrogen-bond donors (Lipinski definition) is 1. The van der Waals surface area contributed by atoms with Gasteiger partial charge in [0, 0.05) is 56.7 Å². The molecule has 0 spiro atoms. The molecular formula is C31H22BrCl4N2+. The lowest BCUT2D eigenvalue weighted by Gasteiger charge is -2.27. The molecule has 0 saturated carbocycles. The van der Waals surface area contributed by atoms with Gasteiger partial charge in [-0.2, -0.15) is 4.57 Å². The lowest BCUT2D eigenvalue weighted by Crippen LogP contribution is -2.36. The number of aryl methyl sites for hydroxylation is 1. The van der Waals surface area contributed by atoms with Gasteiger partial charge in [-0.1, -0.05) is 84.0 Å². The molecule has 0 atom stereocenters. The fraction of sp³-hybridized carbons (Fsp3) is 0.129. The molecule has 6 rings (SSSR count). The van der Waals surface area contributed by atoms with Crippen LogP contribution in [0.2, 0.25) is 20.1 Å². The first-order chi connectivity index (χ1) is 18.4. The van der Waals surface area contributed by atoms with Crippen molar-refractivity contribution in [2.75, 3.05) is 5.32 Å². The van der Waals surface area contributed by atoms with Crippen LogP contribution in [0.3, 0.4) is 0 Å². The maximum absolute atomic E-state index is 7.00. The van der Waals surface area contributed by atoms with E-state index in [1.807, 2.05) is 60.7 Å². The quantitative estimate of drug-likeness (QED) is 0.149. The van der Waals surface area contributed by atoms with Gasteiger partial charge in [-0.05, 0) is 52.3 Å². The van der Waals surface area contributed by atoms with Crippen molar-refractivity contribution in [3.05, 3.63) is 110 Å². The molecule has 38 heavy (non-hydrogen) atoms. The van der Waals surface area contributed by atoms with Crippen LogP contribution in [0.25, 0.3) is 31.9 Å². The second-order valence-corrected chi connectivity index (χ2v) is 11.7. The fourth-order valence-corrected chi connectivity index (χ4v) is 7.24. The molecular weight excluding hydrogens is 622 g/mol. The monoisotopic (exact) mass is 641 g/mol. The lowest BCUT2D eigenvalue weighted by atomic mass is 9.88. The third kappa shape index (κ3) is 4.11. The minimum atomic E-state index is 0.618.